The van der Waals surface area contributed by atoms with Crippen LogP contribution in [-0.2, 0) is 11.3 Å². The summed E-state index contributed by atoms with van der Waals surface area (Å²) in [5.41, 5.74) is 1.94. The maximum atomic E-state index is 12.8. The molecule has 7 nitrogen and oxygen atoms in total. The number of anilines is 1. The Hall–Kier alpha value is -3.03. The summed E-state index contributed by atoms with van der Waals surface area (Å²) in [7, 11) is 0. The zero-order valence-corrected chi connectivity index (χ0v) is 17.9. The molecule has 1 unspecified atom stereocenters. The third-order valence-electron chi connectivity index (χ3n) is 5.35. The number of piperidine rings is 1. The average Bonchev–Trinajstić information content (AvgIpc) is 3.22. The number of aromatic nitrogens is 2. The summed E-state index contributed by atoms with van der Waals surface area (Å²) < 4.78 is 5.41. The van der Waals surface area contributed by atoms with Gasteiger partial charge in [-0.25, -0.2) is 0 Å². The van der Waals surface area contributed by atoms with Crippen molar-refractivity contribution >= 4 is 29.0 Å². The topological polar surface area (TPSA) is 88.3 Å². The number of likely N-dealkylation sites (tertiary alicyclic amines) is 1. The lowest BCUT2D eigenvalue weighted by Gasteiger charge is -2.30. The molecule has 1 fully saturated rings. The number of nitrogens with zero attached hydrogens (tertiary/aromatic N) is 3. The van der Waals surface area contributed by atoms with Gasteiger partial charge in [-0.2, -0.15) is 4.98 Å². The molecule has 1 amide bonds. The lowest BCUT2D eigenvalue weighted by molar-refractivity contribution is -0.121. The van der Waals surface area contributed by atoms with Crippen LogP contribution < -0.4 is 5.32 Å². The lowest BCUT2D eigenvalue weighted by Crippen LogP contribution is -2.40. The molecule has 1 aliphatic heterocycles. The second-order valence-electron chi connectivity index (χ2n) is 7.69. The van der Waals surface area contributed by atoms with Crippen LogP contribution in [0.2, 0.25) is 5.02 Å². The van der Waals surface area contributed by atoms with Crippen molar-refractivity contribution in [1.29, 1.82) is 0 Å². The van der Waals surface area contributed by atoms with Crippen LogP contribution in [0.4, 0.5) is 5.69 Å². The van der Waals surface area contributed by atoms with Crippen LogP contribution in [0.15, 0.2) is 53.1 Å². The summed E-state index contributed by atoms with van der Waals surface area (Å²) in [6, 6.07) is 14.4. The molecule has 0 saturated carbocycles. The maximum Gasteiger partial charge on any atom is 0.241 e. The SMILES string of the molecule is CC(=O)c1cccc(NC(=O)C2CCCN(Cc3nc(-c4ccccc4Cl)no3)C2)c1. The Balaban J connectivity index is 1.38. The summed E-state index contributed by atoms with van der Waals surface area (Å²) >= 11 is 6.21. The highest BCUT2D eigenvalue weighted by molar-refractivity contribution is 6.33. The molecular weight excluding hydrogens is 416 g/mol. The number of benzene rings is 2. The minimum absolute atomic E-state index is 0.0318. The highest BCUT2D eigenvalue weighted by atomic mass is 35.5. The fourth-order valence-corrected chi connectivity index (χ4v) is 3.96. The Kier molecular flexibility index (Phi) is 6.44. The van der Waals surface area contributed by atoms with E-state index in [9.17, 15) is 9.59 Å². The van der Waals surface area contributed by atoms with Crippen LogP contribution in [0.25, 0.3) is 11.4 Å². The van der Waals surface area contributed by atoms with Crippen LogP contribution in [0, 0.1) is 5.92 Å². The Morgan fingerprint density at radius 3 is 2.87 bits per heavy atom. The van der Waals surface area contributed by atoms with Gasteiger partial charge in [0.1, 0.15) is 0 Å². The first-order valence-electron chi connectivity index (χ1n) is 10.2. The number of carbonyl (C=O) groups excluding carboxylic acids is 2. The summed E-state index contributed by atoms with van der Waals surface area (Å²) in [5.74, 6) is 0.714. The van der Waals surface area contributed by atoms with Gasteiger partial charge in [0.15, 0.2) is 5.78 Å². The third-order valence-corrected chi connectivity index (χ3v) is 5.68. The monoisotopic (exact) mass is 438 g/mol. The molecule has 1 aromatic heterocycles. The lowest BCUT2D eigenvalue weighted by atomic mass is 9.97. The minimum Gasteiger partial charge on any atom is -0.338 e. The number of halogens is 1. The van der Waals surface area contributed by atoms with Crippen LogP contribution in [0.5, 0.6) is 0 Å². The average molecular weight is 439 g/mol. The van der Waals surface area contributed by atoms with E-state index in [1.165, 1.54) is 6.92 Å². The van der Waals surface area contributed by atoms with Gasteiger partial charge in [-0.1, -0.05) is 41.0 Å². The molecule has 4 rings (SSSR count). The third kappa shape index (κ3) is 5.18. The molecular formula is C23H23ClN4O3. The van der Waals surface area contributed by atoms with Crippen molar-refractivity contribution in [1.82, 2.24) is 15.0 Å². The van der Waals surface area contributed by atoms with Crippen molar-refractivity contribution in [2.75, 3.05) is 18.4 Å². The number of carbonyl (C=O) groups is 2. The predicted molar refractivity (Wildman–Crippen MR) is 118 cm³/mol. The van der Waals surface area contributed by atoms with E-state index >= 15 is 0 Å². The number of hydrogen-bond donors (Lipinski definition) is 1. The van der Waals surface area contributed by atoms with Crippen LogP contribution >= 0.6 is 11.6 Å². The van der Waals surface area contributed by atoms with Gasteiger partial charge in [0.2, 0.25) is 17.6 Å². The van der Waals surface area contributed by atoms with E-state index in [4.69, 9.17) is 16.1 Å². The van der Waals surface area contributed by atoms with Crippen LogP contribution in [0.3, 0.4) is 0 Å². The van der Waals surface area contributed by atoms with Gasteiger partial charge >= 0.3 is 0 Å². The first-order chi connectivity index (χ1) is 15.0. The zero-order valence-electron chi connectivity index (χ0n) is 17.2. The summed E-state index contributed by atoms with van der Waals surface area (Å²) in [6.45, 7) is 3.44. The fourth-order valence-electron chi connectivity index (χ4n) is 3.74. The van der Waals surface area contributed by atoms with E-state index in [-0.39, 0.29) is 17.6 Å². The number of ketones is 1. The number of hydrogen-bond acceptors (Lipinski definition) is 6. The van der Waals surface area contributed by atoms with Crippen molar-refractivity contribution in [2.24, 2.45) is 5.92 Å². The molecule has 0 radical (unpaired) electrons. The highest BCUT2D eigenvalue weighted by Gasteiger charge is 2.27. The standard InChI is InChI=1S/C23H23ClN4O3/c1-15(29)16-6-4-8-18(12-16)25-23(30)17-7-5-11-28(13-17)14-21-26-22(27-31-21)19-9-2-3-10-20(19)24/h2-4,6,8-10,12,17H,5,7,11,13-14H2,1H3,(H,25,30). The van der Waals surface area contributed by atoms with Crippen molar-refractivity contribution in [2.45, 2.75) is 26.3 Å². The quantitative estimate of drug-likeness (QED) is 0.572. The summed E-state index contributed by atoms with van der Waals surface area (Å²) in [6.07, 6.45) is 1.71. The molecule has 0 aliphatic carbocycles. The van der Waals surface area contributed by atoms with E-state index in [0.717, 1.165) is 24.9 Å². The number of rotatable bonds is 6. The van der Waals surface area contributed by atoms with E-state index < -0.39 is 0 Å². The second-order valence-corrected chi connectivity index (χ2v) is 8.10. The molecule has 1 N–H and O–H groups in total. The Morgan fingerprint density at radius 1 is 1.23 bits per heavy atom. The highest BCUT2D eigenvalue weighted by Crippen LogP contribution is 2.26. The zero-order chi connectivity index (χ0) is 21.8. The van der Waals surface area contributed by atoms with Crippen molar-refractivity contribution < 1.29 is 14.1 Å². The number of nitrogens with one attached hydrogen (secondary N) is 1. The van der Waals surface area contributed by atoms with E-state index in [1.54, 1.807) is 30.3 Å². The van der Waals surface area contributed by atoms with Gasteiger partial charge < -0.3 is 9.84 Å². The summed E-state index contributed by atoms with van der Waals surface area (Å²) in [4.78, 5) is 31.0. The predicted octanol–water partition coefficient (Wildman–Crippen LogP) is 4.44. The number of amides is 1. The van der Waals surface area contributed by atoms with Crippen LogP contribution in [0.1, 0.15) is 36.0 Å². The molecule has 2 heterocycles. The van der Waals surface area contributed by atoms with Gasteiger partial charge in [-0.15, -0.1) is 0 Å². The number of Topliss-reactive ketones (excluding diaryl/α,β-unsaturated/α-hetero) is 1. The summed E-state index contributed by atoms with van der Waals surface area (Å²) in [5, 5.41) is 7.55. The van der Waals surface area contributed by atoms with E-state index in [2.05, 4.69) is 20.4 Å². The normalized spacial score (nSPS) is 16.8. The van der Waals surface area contributed by atoms with E-state index in [1.807, 2.05) is 18.2 Å². The fraction of sp³-hybridized carbons (Fsp3) is 0.304. The van der Waals surface area contributed by atoms with E-state index in [0.29, 0.717) is 41.1 Å². The first-order valence-corrected chi connectivity index (χ1v) is 10.6. The van der Waals surface area contributed by atoms with Gasteiger partial charge in [-0.05, 0) is 50.6 Å². The first kappa shape index (κ1) is 21.2. The molecule has 1 saturated heterocycles. The van der Waals surface area contributed by atoms with Gasteiger partial charge in [0.25, 0.3) is 0 Å². The molecule has 1 aliphatic rings. The van der Waals surface area contributed by atoms with Crippen molar-refractivity contribution in [3.8, 4) is 11.4 Å². The van der Waals surface area contributed by atoms with Gasteiger partial charge in [0, 0.05) is 23.4 Å². The molecule has 2 aromatic carbocycles. The molecule has 1 atom stereocenters. The molecule has 31 heavy (non-hydrogen) atoms. The molecule has 8 heteroatoms. The smallest absolute Gasteiger partial charge is 0.241 e. The van der Waals surface area contributed by atoms with Crippen LogP contribution in [-0.4, -0.2) is 39.8 Å². The van der Waals surface area contributed by atoms with Gasteiger partial charge in [0.05, 0.1) is 17.5 Å². The van der Waals surface area contributed by atoms with Crippen molar-refractivity contribution in [3.05, 3.63) is 65.0 Å². The minimum atomic E-state index is -0.152. The molecule has 0 bridgehead atoms. The molecule has 0 spiro atoms. The molecule has 3 aromatic rings. The second kappa shape index (κ2) is 9.41. The largest absolute Gasteiger partial charge is 0.338 e. The Labute approximate surface area is 185 Å². The molecule has 160 valence electrons. The maximum absolute atomic E-state index is 12.8. The Morgan fingerprint density at radius 2 is 2.06 bits per heavy atom. The Bertz CT molecular complexity index is 1100. The van der Waals surface area contributed by atoms with Gasteiger partial charge in [-0.3, -0.25) is 14.5 Å². The van der Waals surface area contributed by atoms with Crippen molar-refractivity contribution in [3.63, 3.8) is 0 Å².